The Hall–Kier alpha value is -1.34. The van der Waals surface area contributed by atoms with Crippen LogP contribution < -0.4 is 10.6 Å². The molecule has 0 spiro atoms. The van der Waals surface area contributed by atoms with Crippen molar-refractivity contribution in [1.29, 1.82) is 0 Å². The fourth-order valence-electron chi connectivity index (χ4n) is 1.58. The predicted molar refractivity (Wildman–Crippen MR) is 68.0 cm³/mol. The van der Waals surface area contributed by atoms with Crippen molar-refractivity contribution in [3.63, 3.8) is 0 Å². The fraction of sp³-hybridized carbons (Fsp3) is 0.600. The SMILES string of the molecule is Cc1nnc(N2CCOC(C(N)=S)C2)nc1C. The van der Waals surface area contributed by atoms with Gasteiger partial charge in [0, 0.05) is 6.54 Å². The Balaban J connectivity index is 2.16. The van der Waals surface area contributed by atoms with Crippen LogP contribution in [0.15, 0.2) is 0 Å². The topological polar surface area (TPSA) is 77.2 Å². The van der Waals surface area contributed by atoms with Crippen LogP contribution in [-0.2, 0) is 4.74 Å². The number of rotatable bonds is 2. The standard InChI is InChI=1S/C10H15N5OS/c1-6-7(2)13-14-10(12-6)15-3-4-16-8(5-15)9(11)17/h8H,3-5H2,1-2H3,(H2,11,17). The molecule has 2 rings (SSSR count). The predicted octanol–water partition coefficient (Wildman–Crippen LogP) is -0.0203. The largest absolute Gasteiger partial charge is 0.391 e. The van der Waals surface area contributed by atoms with Gasteiger partial charge in [0.2, 0.25) is 5.95 Å². The maximum Gasteiger partial charge on any atom is 0.245 e. The molecule has 1 saturated heterocycles. The summed E-state index contributed by atoms with van der Waals surface area (Å²) in [5.41, 5.74) is 7.31. The number of aromatic nitrogens is 3. The molecule has 1 aromatic rings. The molecule has 0 amide bonds. The van der Waals surface area contributed by atoms with Crippen LogP contribution in [-0.4, -0.2) is 46.0 Å². The first-order valence-electron chi connectivity index (χ1n) is 5.41. The third kappa shape index (κ3) is 2.67. The van der Waals surface area contributed by atoms with Crippen LogP contribution in [0.1, 0.15) is 11.4 Å². The third-order valence-corrected chi connectivity index (χ3v) is 3.01. The van der Waals surface area contributed by atoms with E-state index in [0.717, 1.165) is 17.9 Å². The number of hydrogen-bond acceptors (Lipinski definition) is 6. The summed E-state index contributed by atoms with van der Waals surface area (Å²) in [7, 11) is 0. The average molecular weight is 253 g/mol. The summed E-state index contributed by atoms with van der Waals surface area (Å²) in [4.78, 5) is 6.76. The normalized spacial score (nSPS) is 20.4. The molecule has 0 radical (unpaired) electrons. The monoisotopic (exact) mass is 253 g/mol. The van der Waals surface area contributed by atoms with Gasteiger partial charge in [0.15, 0.2) is 0 Å². The van der Waals surface area contributed by atoms with Crippen molar-refractivity contribution in [3.05, 3.63) is 11.4 Å². The molecule has 1 unspecified atom stereocenters. The number of thiocarbonyl (C=S) groups is 1. The molecule has 1 aromatic heterocycles. The zero-order valence-corrected chi connectivity index (χ0v) is 10.7. The molecule has 7 heteroatoms. The van der Waals surface area contributed by atoms with E-state index in [1.165, 1.54) is 0 Å². The van der Waals surface area contributed by atoms with Crippen LogP contribution in [0.2, 0.25) is 0 Å². The van der Waals surface area contributed by atoms with E-state index in [9.17, 15) is 0 Å². The Morgan fingerprint density at radius 3 is 2.82 bits per heavy atom. The first kappa shape index (κ1) is 12.1. The number of anilines is 1. The minimum atomic E-state index is -0.232. The van der Waals surface area contributed by atoms with E-state index in [0.29, 0.717) is 24.1 Å². The summed E-state index contributed by atoms with van der Waals surface area (Å²) in [6, 6.07) is 0. The summed E-state index contributed by atoms with van der Waals surface area (Å²) < 4.78 is 5.46. The zero-order chi connectivity index (χ0) is 12.4. The highest BCUT2D eigenvalue weighted by Crippen LogP contribution is 2.13. The molecule has 0 bridgehead atoms. The number of nitrogens with two attached hydrogens (primary N) is 1. The molecule has 6 nitrogen and oxygen atoms in total. The van der Waals surface area contributed by atoms with Crippen molar-refractivity contribution in [2.24, 2.45) is 5.73 Å². The molecule has 2 N–H and O–H groups in total. The maximum atomic E-state index is 5.58. The molecule has 0 aromatic carbocycles. The van der Waals surface area contributed by atoms with Crippen LogP contribution >= 0.6 is 12.2 Å². The van der Waals surface area contributed by atoms with Gasteiger partial charge in [0.1, 0.15) is 11.1 Å². The van der Waals surface area contributed by atoms with Crippen LogP contribution in [0.4, 0.5) is 5.95 Å². The highest BCUT2D eigenvalue weighted by atomic mass is 32.1. The second-order valence-corrected chi connectivity index (χ2v) is 4.46. The highest BCUT2D eigenvalue weighted by molar-refractivity contribution is 7.80. The number of hydrogen-bond donors (Lipinski definition) is 1. The average Bonchev–Trinajstić information content (AvgIpc) is 2.33. The second kappa shape index (κ2) is 4.89. The number of morpholine rings is 1. The van der Waals surface area contributed by atoms with Gasteiger partial charge in [-0.15, -0.1) is 5.10 Å². The van der Waals surface area contributed by atoms with Crippen molar-refractivity contribution >= 4 is 23.2 Å². The van der Waals surface area contributed by atoms with E-state index < -0.39 is 0 Å². The lowest BCUT2D eigenvalue weighted by atomic mass is 10.3. The van der Waals surface area contributed by atoms with Crippen molar-refractivity contribution in [2.75, 3.05) is 24.6 Å². The summed E-state index contributed by atoms with van der Waals surface area (Å²) in [5.74, 6) is 0.609. The van der Waals surface area contributed by atoms with Crippen LogP contribution in [0.25, 0.3) is 0 Å². The van der Waals surface area contributed by atoms with Gasteiger partial charge in [-0.05, 0) is 13.8 Å². The Morgan fingerprint density at radius 1 is 1.41 bits per heavy atom. The van der Waals surface area contributed by atoms with E-state index in [-0.39, 0.29) is 6.10 Å². The Morgan fingerprint density at radius 2 is 2.18 bits per heavy atom. The van der Waals surface area contributed by atoms with E-state index in [4.69, 9.17) is 22.7 Å². The number of aryl methyl sites for hydroxylation is 2. The first-order valence-corrected chi connectivity index (χ1v) is 5.82. The van der Waals surface area contributed by atoms with E-state index >= 15 is 0 Å². The Kier molecular flexibility index (Phi) is 3.49. The minimum Gasteiger partial charge on any atom is -0.391 e. The van der Waals surface area contributed by atoms with Crippen molar-refractivity contribution in [3.8, 4) is 0 Å². The summed E-state index contributed by atoms with van der Waals surface area (Å²) >= 11 is 4.93. The second-order valence-electron chi connectivity index (χ2n) is 3.99. The molecule has 0 saturated carbocycles. The molecule has 92 valence electrons. The fourth-order valence-corrected chi connectivity index (χ4v) is 1.72. The van der Waals surface area contributed by atoms with E-state index in [2.05, 4.69) is 15.2 Å². The molecule has 2 heterocycles. The zero-order valence-electron chi connectivity index (χ0n) is 9.88. The summed E-state index contributed by atoms with van der Waals surface area (Å²) in [6.07, 6.45) is -0.232. The molecular weight excluding hydrogens is 238 g/mol. The van der Waals surface area contributed by atoms with Crippen molar-refractivity contribution in [1.82, 2.24) is 15.2 Å². The lowest BCUT2D eigenvalue weighted by molar-refractivity contribution is 0.0839. The lowest BCUT2D eigenvalue weighted by Crippen LogP contribution is -2.48. The molecule has 1 atom stereocenters. The third-order valence-electron chi connectivity index (χ3n) is 2.75. The van der Waals surface area contributed by atoms with Gasteiger partial charge in [-0.3, -0.25) is 0 Å². The molecule has 0 aliphatic carbocycles. The summed E-state index contributed by atoms with van der Waals surface area (Å²) in [6.45, 7) is 5.68. The molecule has 1 aliphatic heterocycles. The van der Waals surface area contributed by atoms with E-state index in [1.54, 1.807) is 0 Å². The van der Waals surface area contributed by atoms with Crippen LogP contribution in [0, 0.1) is 13.8 Å². The molecule has 17 heavy (non-hydrogen) atoms. The Labute approximate surface area is 105 Å². The van der Waals surface area contributed by atoms with Gasteiger partial charge < -0.3 is 15.4 Å². The smallest absolute Gasteiger partial charge is 0.245 e. The molecular formula is C10H15N5OS. The molecule has 1 fully saturated rings. The summed E-state index contributed by atoms with van der Waals surface area (Å²) in [5, 5.41) is 8.15. The van der Waals surface area contributed by atoms with Gasteiger partial charge in [-0.25, -0.2) is 4.98 Å². The molecule has 1 aliphatic rings. The van der Waals surface area contributed by atoms with Gasteiger partial charge >= 0.3 is 0 Å². The van der Waals surface area contributed by atoms with Crippen LogP contribution in [0.3, 0.4) is 0 Å². The first-order chi connectivity index (χ1) is 8.08. The highest BCUT2D eigenvalue weighted by Gasteiger charge is 2.24. The van der Waals surface area contributed by atoms with Gasteiger partial charge in [0.05, 0.1) is 24.5 Å². The van der Waals surface area contributed by atoms with Crippen molar-refractivity contribution in [2.45, 2.75) is 20.0 Å². The Bertz CT molecular complexity index is 439. The lowest BCUT2D eigenvalue weighted by Gasteiger charge is -2.32. The number of nitrogens with zero attached hydrogens (tertiary/aromatic N) is 4. The quantitative estimate of drug-likeness (QED) is 0.742. The van der Waals surface area contributed by atoms with Gasteiger partial charge in [0.25, 0.3) is 0 Å². The number of ether oxygens (including phenoxy) is 1. The van der Waals surface area contributed by atoms with Gasteiger partial charge in [-0.1, -0.05) is 12.2 Å². The maximum absolute atomic E-state index is 5.58. The van der Waals surface area contributed by atoms with Gasteiger partial charge in [-0.2, -0.15) is 5.10 Å². The van der Waals surface area contributed by atoms with Crippen LogP contribution in [0.5, 0.6) is 0 Å². The van der Waals surface area contributed by atoms with E-state index in [1.807, 2.05) is 18.7 Å². The minimum absolute atomic E-state index is 0.232. The van der Waals surface area contributed by atoms with Crippen molar-refractivity contribution < 1.29 is 4.74 Å².